The van der Waals surface area contributed by atoms with Crippen LogP contribution in [-0.2, 0) is 16.4 Å². The fourth-order valence-corrected chi connectivity index (χ4v) is 4.14. The zero-order valence-corrected chi connectivity index (χ0v) is 12.9. The summed E-state index contributed by atoms with van der Waals surface area (Å²) in [6.45, 7) is 0.250. The first-order valence-electron chi connectivity index (χ1n) is 5.32. The highest BCUT2D eigenvalue weighted by molar-refractivity contribution is 9.10. The Kier molecular flexibility index (Phi) is 4.67. The first-order chi connectivity index (χ1) is 8.99. The number of halogens is 2. The van der Waals surface area contributed by atoms with Crippen molar-refractivity contribution in [3.63, 3.8) is 0 Å². The minimum Gasteiger partial charge on any atom is -0.250 e. The van der Waals surface area contributed by atoms with Crippen LogP contribution in [0.3, 0.4) is 0 Å². The lowest BCUT2D eigenvalue weighted by Crippen LogP contribution is -2.26. The Hall–Kier alpha value is -0.830. The molecule has 8 heteroatoms. The highest BCUT2D eigenvalue weighted by Gasteiger charge is 2.17. The van der Waals surface area contributed by atoms with E-state index in [0.29, 0.717) is 6.42 Å². The number of sulfonamides is 1. The summed E-state index contributed by atoms with van der Waals surface area (Å²) in [7, 11) is -3.65. The predicted octanol–water partition coefficient (Wildman–Crippen LogP) is 2.57. The van der Waals surface area contributed by atoms with E-state index < -0.39 is 15.8 Å². The third-order valence-electron chi connectivity index (χ3n) is 2.30. The van der Waals surface area contributed by atoms with Gasteiger partial charge in [-0.1, -0.05) is 0 Å². The summed E-state index contributed by atoms with van der Waals surface area (Å²) < 4.78 is 39.6. The summed E-state index contributed by atoms with van der Waals surface area (Å²) in [6.07, 6.45) is 2.20. The third-order valence-corrected chi connectivity index (χ3v) is 5.57. The second-order valence-corrected chi connectivity index (χ2v) is 7.22. The van der Waals surface area contributed by atoms with Crippen molar-refractivity contribution >= 4 is 37.3 Å². The van der Waals surface area contributed by atoms with Crippen LogP contribution in [0.4, 0.5) is 4.39 Å². The molecule has 0 aliphatic carbocycles. The summed E-state index contributed by atoms with van der Waals surface area (Å²) in [5, 5.41) is 2.70. The SMILES string of the molecule is O=S(=O)(NCCc1nccs1)c1ccc(F)cc1Br. The Labute approximate surface area is 122 Å². The van der Waals surface area contributed by atoms with Crippen molar-refractivity contribution in [2.24, 2.45) is 0 Å². The molecule has 0 aliphatic rings. The quantitative estimate of drug-likeness (QED) is 0.886. The molecule has 1 aromatic heterocycles. The average Bonchev–Trinajstić information content (AvgIpc) is 2.81. The summed E-state index contributed by atoms with van der Waals surface area (Å²) in [6, 6.07) is 3.46. The van der Waals surface area contributed by atoms with Gasteiger partial charge in [-0.15, -0.1) is 11.3 Å². The maximum atomic E-state index is 12.9. The predicted molar refractivity (Wildman–Crippen MR) is 75.1 cm³/mol. The minimum absolute atomic E-state index is 0.0213. The first kappa shape index (κ1) is 14.6. The molecule has 102 valence electrons. The largest absolute Gasteiger partial charge is 0.250 e. The van der Waals surface area contributed by atoms with Crippen molar-refractivity contribution in [3.8, 4) is 0 Å². The van der Waals surface area contributed by atoms with Crippen LogP contribution in [0, 0.1) is 5.82 Å². The standard InChI is InChI=1S/C11H10BrFN2O2S2/c12-9-7-8(13)1-2-10(9)19(16,17)15-4-3-11-14-5-6-18-11/h1-2,5-7,15H,3-4H2. The van der Waals surface area contributed by atoms with Gasteiger partial charge in [-0.3, -0.25) is 0 Å². The second kappa shape index (κ2) is 6.08. The van der Waals surface area contributed by atoms with E-state index >= 15 is 0 Å². The molecule has 0 fully saturated rings. The van der Waals surface area contributed by atoms with Crippen molar-refractivity contribution < 1.29 is 12.8 Å². The lowest BCUT2D eigenvalue weighted by molar-refractivity contribution is 0.580. The van der Waals surface area contributed by atoms with Crippen molar-refractivity contribution in [3.05, 3.63) is 45.1 Å². The molecule has 0 amide bonds. The monoisotopic (exact) mass is 364 g/mol. The van der Waals surface area contributed by atoms with Crippen LogP contribution in [0.5, 0.6) is 0 Å². The molecule has 2 aromatic rings. The molecule has 0 saturated heterocycles. The van der Waals surface area contributed by atoms with Gasteiger partial charge in [0.15, 0.2) is 0 Å². The third kappa shape index (κ3) is 3.82. The van der Waals surface area contributed by atoms with Crippen LogP contribution in [0.25, 0.3) is 0 Å². The van der Waals surface area contributed by atoms with Gasteiger partial charge in [-0.25, -0.2) is 22.5 Å². The smallest absolute Gasteiger partial charge is 0.241 e. The van der Waals surface area contributed by atoms with Gasteiger partial charge in [0.25, 0.3) is 0 Å². The number of benzene rings is 1. The van der Waals surface area contributed by atoms with Crippen molar-refractivity contribution in [1.29, 1.82) is 0 Å². The molecule has 19 heavy (non-hydrogen) atoms. The zero-order valence-electron chi connectivity index (χ0n) is 9.64. The van der Waals surface area contributed by atoms with E-state index in [4.69, 9.17) is 0 Å². The molecule has 0 unspecified atom stereocenters. The Morgan fingerprint density at radius 3 is 2.84 bits per heavy atom. The van der Waals surface area contributed by atoms with Gasteiger partial charge < -0.3 is 0 Å². The first-order valence-corrected chi connectivity index (χ1v) is 8.48. The topological polar surface area (TPSA) is 59.1 Å². The molecule has 0 saturated carbocycles. The summed E-state index contributed by atoms with van der Waals surface area (Å²) in [4.78, 5) is 4.08. The molecular weight excluding hydrogens is 355 g/mol. The van der Waals surface area contributed by atoms with Crippen LogP contribution in [-0.4, -0.2) is 19.9 Å². The van der Waals surface area contributed by atoms with Gasteiger partial charge >= 0.3 is 0 Å². The van der Waals surface area contributed by atoms with Gasteiger partial charge in [-0.2, -0.15) is 0 Å². The van der Waals surface area contributed by atoms with Crippen LogP contribution in [0.1, 0.15) is 5.01 Å². The summed E-state index contributed by atoms with van der Waals surface area (Å²) in [5.41, 5.74) is 0. The van der Waals surface area contributed by atoms with Gasteiger partial charge in [0.1, 0.15) is 5.82 Å². The van der Waals surface area contributed by atoms with Crippen molar-refractivity contribution in [1.82, 2.24) is 9.71 Å². The van der Waals surface area contributed by atoms with Gasteiger partial charge in [0.2, 0.25) is 10.0 Å². The molecule has 2 rings (SSSR count). The van der Waals surface area contributed by atoms with Gasteiger partial charge in [-0.05, 0) is 34.1 Å². The Balaban J connectivity index is 2.05. The number of aromatic nitrogens is 1. The Morgan fingerprint density at radius 1 is 1.42 bits per heavy atom. The molecule has 0 atom stereocenters. The van der Waals surface area contributed by atoms with Crippen LogP contribution in [0.2, 0.25) is 0 Å². The maximum Gasteiger partial charge on any atom is 0.241 e. The van der Waals surface area contributed by atoms with Gasteiger partial charge in [0.05, 0.1) is 9.90 Å². The molecule has 0 aliphatic heterocycles. The van der Waals surface area contributed by atoms with E-state index in [1.807, 2.05) is 5.38 Å². The summed E-state index contributed by atoms with van der Waals surface area (Å²) in [5.74, 6) is -0.492. The highest BCUT2D eigenvalue weighted by atomic mass is 79.9. The zero-order chi connectivity index (χ0) is 13.9. The normalized spacial score (nSPS) is 11.7. The van der Waals surface area contributed by atoms with Crippen LogP contribution in [0.15, 0.2) is 39.1 Å². The molecule has 1 aromatic carbocycles. The molecule has 0 bridgehead atoms. The number of nitrogens with one attached hydrogen (secondary N) is 1. The lowest BCUT2D eigenvalue weighted by atomic mass is 10.3. The molecule has 0 radical (unpaired) electrons. The Morgan fingerprint density at radius 2 is 2.21 bits per heavy atom. The van der Waals surface area contributed by atoms with Crippen LogP contribution >= 0.6 is 27.3 Å². The van der Waals surface area contributed by atoms with Crippen molar-refractivity contribution in [2.45, 2.75) is 11.3 Å². The molecular formula is C11H10BrFN2O2S2. The molecule has 0 spiro atoms. The molecule has 4 nitrogen and oxygen atoms in total. The van der Waals surface area contributed by atoms with Gasteiger partial charge in [0, 0.05) is 29.0 Å². The lowest BCUT2D eigenvalue weighted by Gasteiger charge is -2.07. The highest BCUT2D eigenvalue weighted by Crippen LogP contribution is 2.22. The van der Waals surface area contributed by atoms with E-state index in [9.17, 15) is 12.8 Å². The van der Waals surface area contributed by atoms with E-state index in [1.54, 1.807) is 6.20 Å². The number of nitrogens with zero attached hydrogens (tertiary/aromatic N) is 1. The van der Waals surface area contributed by atoms with Crippen molar-refractivity contribution in [2.75, 3.05) is 6.54 Å². The molecule has 1 heterocycles. The number of hydrogen-bond donors (Lipinski definition) is 1. The van der Waals surface area contributed by atoms with E-state index in [1.165, 1.54) is 17.4 Å². The summed E-state index contributed by atoms with van der Waals surface area (Å²) >= 11 is 4.51. The number of hydrogen-bond acceptors (Lipinski definition) is 4. The van der Waals surface area contributed by atoms with E-state index in [-0.39, 0.29) is 15.9 Å². The maximum absolute atomic E-state index is 12.9. The molecule has 1 N–H and O–H groups in total. The number of rotatable bonds is 5. The van der Waals surface area contributed by atoms with E-state index in [2.05, 4.69) is 25.6 Å². The average molecular weight is 365 g/mol. The second-order valence-electron chi connectivity index (χ2n) is 3.65. The fourth-order valence-electron chi connectivity index (χ4n) is 1.44. The Bertz CT molecular complexity index is 659. The fraction of sp³-hybridized carbons (Fsp3) is 0.182. The minimum atomic E-state index is -3.65. The van der Waals surface area contributed by atoms with Crippen LogP contribution < -0.4 is 4.72 Å². The van der Waals surface area contributed by atoms with E-state index in [0.717, 1.165) is 17.1 Å². The number of thiazole rings is 1.